The van der Waals surface area contributed by atoms with Crippen molar-refractivity contribution in [3.63, 3.8) is 0 Å². The molecule has 0 aliphatic carbocycles. The van der Waals surface area contributed by atoms with Gasteiger partial charge in [-0.15, -0.1) is 6.58 Å². The summed E-state index contributed by atoms with van der Waals surface area (Å²) in [5.74, 6) is -5.04. The number of nitrogens with one attached hydrogen (secondary N) is 1. The van der Waals surface area contributed by atoms with E-state index < -0.39 is 78.2 Å². The van der Waals surface area contributed by atoms with Crippen LogP contribution in [0.5, 0.6) is 0 Å². The second-order valence-corrected chi connectivity index (χ2v) is 12.8. The van der Waals surface area contributed by atoms with Crippen LogP contribution in [0.4, 0.5) is 23.9 Å². The number of carbonyl (C=O) groups excluding carboxylic acids is 4. The predicted molar refractivity (Wildman–Crippen MR) is 184 cm³/mol. The van der Waals surface area contributed by atoms with Crippen LogP contribution in [0.25, 0.3) is 5.69 Å². The number of aliphatic hydroxyl groups excluding tert-OH is 2. The third-order valence-corrected chi connectivity index (χ3v) is 8.92. The number of aromatic nitrogens is 2. The Morgan fingerprint density at radius 2 is 1.72 bits per heavy atom. The lowest BCUT2D eigenvalue weighted by atomic mass is 9.98. The number of amides is 3. The minimum absolute atomic E-state index is 0.0186. The number of carboxylic acids is 1. The molecule has 0 saturated heterocycles. The number of nitrogens with zero attached hydrogens (tertiary/aromatic N) is 4. The predicted octanol–water partition coefficient (Wildman–Crippen LogP) is 3.10. The number of ether oxygens (including phenoxy) is 2. The van der Waals surface area contributed by atoms with E-state index in [1.807, 2.05) is 0 Å². The normalized spacial score (nSPS) is 15.6. The lowest BCUT2D eigenvalue weighted by Crippen LogP contribution is -2.46. The molecule has 54 heavy (non-hydrogen) atoms. The average molecular weight is 825 g/mol. The summed E-state index contributed by atoms with van der Waals surface area (Å²) in [4.78, 5) is 81.8. The summed E-state index contributed by atoms with van der Waals surface area (Å²) >= 11 is 2.87. The molecule has 16 nitrogen and oxygen atoms in total. The first-order valence-corrected chi connectivity index (χ1v) is 16.6. The third kappa shape index (κ3) is 8.95. The minimum Gasteiger partial charge on any atom is -0.479 e. The Hall–Kier alpha value is -5.60. The fourth-order valence-electron chi connectivity index (χ4n) is 5.18. The Labute approximate surface area is 312 Å². The fourth-order valence-corrected chi connectivity index (χ4v) is 5.66. The number of carboxylic acid groups (broad SMARTS) is 1. The molecule has 0 fully saturated rings. The Balaban J connectivity index is 1.57. The van der Waals surface area contributed by atoms with Gasteiger partial charge < -0.3 is 35.0 Å². The number of carbonyl (C=O) groups is 5. The Morgan fingerprint density at radius 3 is 2.31 bits per heavy atom. The number of imide groups is 1. The molecule has 4 atom stereocenters. The van der Waals surface area contributed by atoms with E-state index in [1.165, 1.54) is 39.8 Å². The zero-order valence-corrected chi connectivity index (χ0v) is 30.3. The molecule has 1 aromatic heterocycles. The van der Waals surface area contributed by atoms with Crippen molar-refractivity contribution in [2.24, 2.45) is 0 Å². The number of alkyl halides is 3. The van der Waals surface area contributed by atoms with Crippen molar-refractivity contribution in [3.05, 3.63) is 97.9 Å². The molecule has 0 bridgehead atoms. The van der Waals surface area contributed by atoms with Gasteiger partial charge in [-0.1, -0.05) is 22.0 Å². The van der Waals surface area contributed by atoms with Crippen LogP contribution in [0.2, 0.25) is 0 Å². The van der Waals surface area contributed by atoms with Gasteiger partial charge in [-0.05, 0) is 62.7 Å². The van der Waals surface area contributed by atoms with E-state index in [2.05, 4.69) is 42.3 Å². The van der Waals surface area contributed by atoms with Crippen molar-refractivity contribution in [2.45, 2.75) is 57.3 Å². The summed E-state index contributed by atoms with van der Waals surface area (Å²) in [7, 11) is 1.04. The van der Waals surface area contributed by atoms with Gasteiger partial charge in [0.2, 0.25) is 12.7 Å². The molecule has 0 spiro atoms. The maximum Gasteiger partial charge on any atom is 0.419 e. The van der Waals surface area contributed by atoms with Crippen LogP contribution in [0.3, 0.4) is 0 Å². The summed E-state index contributed by atoms with van der Waals surface area (Å²) in [6, 6.07) is 7.54. The van der Waals surface area contributed by atoms with Crippen molar-refractivity contribution in [2.75, 3.05) is 19.2 Å². The quantitative estimate of drug-likeness (QED) is 0.124. The first kappa shape index (κ1) is 41.2. The Bertz CT molecular complexity index is 2040. The number of esters is 1. The summed E-state index contributed by atoms with van der Waals surface area (Å²) < 4.78 is 50.8. The van der Waals surface area contributed by atoms with Crippen LogP contribution in [0.1, 0.15) is 51.4 Å². The maximum absolute atomic E-state index is 14.1. The van der Waals surface area contributed by atoms with Gasteiger partial charge in [0, 0.05) is 40.3 Å². The zero-order chi connectivity index (χ0) is 40.2. The van der Waals surface area contributed by atoms with Crippen molar-refractivity contribution in [1.29, 1.82) is 0 Å². The van der Waals surface area contributed by atoms with Crippen LogP contribution >= 0.6 is 15.9 Å². The monoisotopic (exact) mass is 823 g/mol. The number of aliphatic carboxylic acids is 1. The Morgan fingerprint density at radius 1 is 1.09 bits per heavy atom. The Kier molecular flexibility index (Phi) is 12.7. The molecule has 4 rings (SSSR count). The van der Waals surface area contributed by atoms with Gasteiger partial charge in [-0.3, -0.25) is 14.4 Å². The van der Waals surface area contributed by atoms with Crippen LogP contribution < -0.4 is 10.9 Å². The molecule has 3 amide bonds. The molecule has 4 N–H and O–H groups in total. The van der Waals surface area contributed by atoms with Gasteiger partial charge in [0.15, 0.2) is 12.2 Å². The molecule has 2 heterocycles. The highest BCUT2D eigenvalue weighted by Crippen LogP contribution is 2.36. The van der Waals surface area contributed by atoms with Gasteiger partial charge >= 0.3 is 24.2 Å². The number of rotatable bonds is 11. The number of fused-ring (bicyclic) bond motifs is 1. The summed E-state index contributed by atoms with van der Waals surface area (Å²) in [5.41, 5.74) is -1.06. The number of aliphatic hydroxyl groups is 2. The third-order valence-electron chi connectivity index (χ3n) is 8.23. The van der Waals surface area contributed by atoms with Crippen molar-refractivity contribution >= 4 is 51.7 Å². The fraction of sp³-hybridized carbons (Fsp3) is 0.324. The smallest absolute Gasteiger partial charge is 0.419 e. The zero-order valence-electron chi connectivity index (χ0n) is 28.7. The van der Waals surface area contributed by atoms with Crippen LogP contribution in [0, 0.1) is 0 Å². The van der Waals surface area contributed by atoms with Gasteiger partial charge in [0.25, 0.3) is 17.4 Å². The topological polar surface area (TPSA) is 218 Å². The van der Waals surface area contributed by atoms with Gasteiger partial charge in [0.05, 0.1) is 23.5 Å². The van der Waals surface area contributed by atoms with E-state index in [9.17, 15) is 52.2 Å². The van der Waals surface area contributed by atoms with E-state index in [0.29, 0.717) is 4.90 Å². The molecular formula is C34H33BrF3N5O11. The molecule has 0 saturated carbocycles. The van der Waals surface area contributed by atoms with Crippen molar-refractivity contribution < 1.29 is 61.9 Å². The molecule has 20 heteroatoms. The van der Waals surface area contributed by atoms with Crippen molar-refractivity contribution in [1.82, 2.24) is 19.4 Å². The van der Waals surface area contributed by atoms with E-state index in [-0.39, 0.29) is 51.5 Å². The summed E-state index contributed by atoms with van der Waals surface area (Å²) in [6.07, 6.45) is -9.40. The number of hydrogen-bond donors (Lipinski definition) is 4. The van der Waals surface area contributed by atoms with Crippen LogP contribution in [-0.2, 0) is 38.2 Å². The van der Waals surface area contributed by atoms with Gasteiger partial charge in [0.1, 0.15) is 0 Å². The number of hydrogen-bond acceptors (Lipinski definition) is 12. The van der Waals surface area contributed by atoms with Gasteiger partial charge in [-0.2, -0.15) is 13.2 Å². The minimum atomic E-state index is -4.71. The first-order valence-electron chi connectivity index (χ1n) is 15.8. The number of halogens is 4. The lowest BCUT2D eigenvalue weighted by Gasteiger charge is -2.35. The lowest BCUT2D eigenvalue weighted by molar-refractivity contribution is -0.175. The highest BCUT2D eigenvalue weighted by molar-refractivity contribution is 9.10. The van der Waals surface area contributed by atoms with E-state index in [1.54, 1.807) is 19.9 Å². The molecule has 2 aromatic carbocycles. The molecule has 2 unspecified atom stereocenters. The first-order chi connectivity index (χ1) is 25.3. The molecule has 0 radical (unpaired) electrons. The second kappa shape index (κ2) is 16.6. The summed E-state index contributed by atoms with van der Waals surface area (Å²) in [5, 5.41) is 30.4. The van der Waals surface area contributed by atoms with Gasteiger partial charge in [-0.25, -0.2) is 28.8 Å². The van der Waals surface area contributed by atoms with Crippen LogP contribution in [0.15, 0.2) is 64.4 Å². The maximum atomic E-state index is 14.1. The largest absolute Gasteiger partial charge is 0.479 e. The van der Waals surface area contributed by atoms with E-state index in [4.69, 9.17) is 5.11 Å². The SMILES string of the molecule is C=C[C@H](C)Nc1nc2c(c(=O)n1-c1ccc(C(=O)N(C)C(=O)OCOC(=O)C(O)C(O)C(=O)O)cc1)C[C@@H](C)N(C(=O)c1ccc(Br)c(C(F)(F)F)c1)C2. The number of benzene rings is 2. The molecule has 1 aliphatic rings. The molecule has 3 aromatic rings. The highest BCUT2D eigenvalue weighted by Gasteiger charge is 2.36. The average Bonchev–Trinajstić information content (AvgIpc) is 3.13. The molecular weight excluding hydrogens is 791 g/mol. The van der Waals surface area contributed by atoms with Crippen LogP contribution in [-0.4, -0.2) is 103 Å². The van der Waals surface area contributed by atoms with Crippen molar-refractivity contribution in [3.8, 4) is 5.69 Å². The summed E-state index contributed by atoms with van der Waals surface area (Å²) in [6.45, 7) is 5.80. The van der Waals surface area contributed by atoms with E-state index >= 15 is 0 Å². The molecule has 288 valence electrons. The van der Waals surface area contributed by atoms with E-state index in [0.717, 1.165) is 19.2 Å². The standard InChI is InChI=1S/C34H33BrF3N5O11/c1-5-16(2)39-32-40-24-14-42(28(47)19-8-11-23(35)22(13-19)34(36,37)38)17(3)12-21(24)29(48)43(32)20-9-6-18(7-10-20)27(46)41(4)33(52)54-15-53-31(51)26(45)25(44)30(49)50/h5-11,13,16-17,25-26,44-45H,1,12,14-15H2,2-4H3,(H,39,40)(H,49,50)/t16-,17+,25?,26?/m0/s1. The highest BCUT2D eigenvalue weighted by atomic mass is 79.9. The number of anilines is 1. The molecule has 1 aliphatic heterocycles. The second-order valence-electron chi connectivity index (χ2n) is 12.0.